The Morgan fingerprint density at radius 2 is 2.33 bits per heavy atom. The first kappa shape index (κ1) is 13.8. The molecule has 1 amide bonds. The van der Waals surface area contributed by atoms with Crippen molar-refractivity contribution in [2.75, 3.05) is 0 Å². The van der Waals surface area contributed by atoms with E-state index in [1.54, 1.807) is 12.1 Å². The Morgan fingerprint density at radius 1 is 1.52 bits per heavy atom. The number of hydrogen-bond donors (Lipinski definition) is 2. The Kier molecular flexibility index (Phi) is 3.74. The van der Waals surface area contributed by atoms with Crippen molar-refractivity contribution in [3.8, 4) is 0 Å². The van der Waals surface area contributed by atoms with Crippen molar-refractivity contribution in [1.29, 1.82) is 0 Å². The van der Waals surface area contributed by atoms with E-state index in [4.69, 9.17) is 9.63 Å². The van der Waals surface area contributed by atoms with Crippen LogP contribution >= 0.6 is 11.3 Å². The van der Waals surface area contributed by atoms with Gasteiger partial charge >= 0.3 is 5.97 Å². The van der Waals surface area contributed by atoms with Crippen LogP contribution in [0.25, 0.3) is 0 Å². The molecule has 3 rings (SSSR count). The fourth-order valence-corrected chi connectivity index (χ4v) is 2.86. The number of carbonyl (C=O) groups excluding carboxylic acids is 1. The highest BCUT2D eigenvalue weighted by Crippen LogP contribution is 2.39. The predicted octanol–water partition coefficient (Wildman–Crippen LogP) is 2.56. The summed E-state index contributed by atoms with van der Waals surface area (Å²) in [5, 5.41) is 17.4. The van der Waals surface area contributed by atoms with Crippen molar-refractivity contribution in [2.24, 2.45) is 0 Å². The fraction of sp³-hybridized carbons (Fsp3) is 0.357. The molecule has 0 bridgehead atoms. The first-order chi connectivity index (χ1) is 10.1. The van der Waals surface area contributed by atoms with E-state index < -0.39 is 17.9 Å². The number of hydrogen-bond acceptors (Lipinski definition) is 5. The lowest BCUT2D eigenvalue weighted by molar-refractivity contribution is -0.137. The maximum atomic E-state index is 12.2. The highest BCUT2D eigenvalue weighted by molar-refractivity contribution is 7.10. The number of carboxylic acid groups (broad SMARTS) is 1. The summed E-state index contributed by atoms with van der Waals surface area (Å²) in [6, 6.07) is 4.69. The molecule has 1 atom stereocenters. The molecule has 1 saturated carbocycles. The summed E-state index contributed by atoms with van der Waals surface area (Å²) in [6.07, 6.45) is 1.98. The maximum Gasteiger partial charge on any atom is 0.305 e. The topological polar surface area (TPSA) is 92.4 Å². The average Bonchev–Trinajstić information content (AvgIpc) is 2.96. The third-order valence-electron chi connectivity index (χ3n) is 3.32. The number of thiophene rings is 1. The number of aromatic nitrogens is 1. The van der Waals surface area contributed by atoms with Gasteiger partial charge in [-0.1, -0.05) is 11.2 Å². The molecule has 6 nitrogen and oxygen atoms in total. The van der Waals surface area contributed by atoms with Gasteiger partial charge in [0.1, 0.15) is 0 Å². The van der Waals surface area contributed by atoms with Crippen LogP contribution in [0.5, 0.6) is 0 Å². The molecular weight excluding hydrogens is 292 g/mol. The van der Waals surface area contributed by atoms with Gasteiger partial charge in [-0.25, -0.2) is 0 Å². The first-order valence-corrected chi connectivity index (χ1v) is 7.54. The minimum absolute atomic E-state index is 0.129. The summed E-state index contributed by atoms with van der Waals surface area (Å²) in [5.74, 6) is -0.870. The molecule has 0 radical (unpaired) electrons. The molecule has 0 aliphatic heterocycles. The van der Waals surface area contributed by atoms with Crippen molar-refractivity contribution in [2.45, 2.75) is 31.2 Å². The van der Waals surface area contributed by atoms with Gasteiger partial charge in [0, 0.05) is 16.9 Å². The Labute approximate surface area is 124 Å². The summed E-state index contributed by atoms with van der Waals surface area (Å²) in [4.78, 5) is 23.9. The molecule has 21 heavy (non-hydrogen) atoms. The highest BCUT2D eigenvalue weighted by atomic mass is 32.1. The standard InChI is InChI=1S/C14H14N2O4S/c17-13(18)7-10(12-2-1-5-21-12)15-14(19)11-6-9(16-20-11)8-3-4-8/h1-2,5-6,8,10H,3-4,7H2,(H,15,19)(H,17,18). The Balaban J connectivity index is 1.71. The molecule has 1 fully saturated rings. The Hall–Kier alpha value is -2.15. The Bertz CT molecular complexity index is 646. The van der Waals surface area contributed by atoms with Crippen LogP contribution in [0.15, 0.2) is 28.1 Å². The van der Waals surface area contributed by atoms with Crippen molar-refractivity contribution in [3.05, 3.63) is 39.9 Å². The molecule has 1 aliphatic carbocycles. The smallest absolute Gasteiger partial charge is 0.305 e. The lowest BCUT2D eigenvalue weighted by atomic mass is 10.1. The number of rotatable bonds is 6. The molecule has 0 saturated heterocycles. The van der Waals surface area contributed by atoms with Gasteiger partial charge in [-0.3, -0.25) is 9.59 Å². The van der Waals surface area contributed by atoms with Gasteiger partial charge in [0.2, 0.25) is 5.76 Å². The number of amides is 1. The molecule has 1 unspecified atom stereocenters. The second kappa shape index (κ2) is 5.69. The lowest BCUT2D eigenvalue weighted by Crippen LogP contribution is -2.29. The van der Waals surface area contributed by atoms with E-state index in [2.05, 4.69) is 10.5 Å². The summed E-state index contributed by atoms with van der Waals surface area (Å²) in [7, 11) is 0. The SMILES string of the molecule is O=C(O)CC(NC(=O)c1cc(C2CC2)no1)c1cccs1. The van der Waals surface area contributed by atoms with Gasteiger partial charge in [0.05, 0.1) is 18.2 Å². The summed E-state index contributed by atoms with van der Waals surface area (Å²) < 4.78 is 5.04. The normalized spacial score (nSPS) is 15.6. The monoisotopic (exact) mass is 306 g/mol. The first-order valence-electron chi connectivity index (χ1n) is 6.66. The van der Waals surface area contributed by atoms with E-state index in [0.29, 0.717) is 5.92 Å². The van der Waals surface area contributed by atoms with Gasteiger partial charge < -0.3 is 14.9 Å². The van der Waals surface area contributed by atoms with Crippen LogP contribution in [0, 0.1) is 0 Å². The summed E-state index contributed by atoms with van der Waals surface area (Å²) in [5.41, 5.74) is 0.797. The second-order valence-electron chi connectivity index (χ2n) is 5.03. The van der Waals surface area contributed by atoms with E-state index in [9.17, 15) is 9.59 Å². The number of carboxylic acids is 1. The zero-order valence-electron chi connectivity index (χ0n) is 11.1. The predicted molar refractivity (Wildman–Crippen MR) is 75.3 cm³/mol. The average molecular weight is 306 g/mol. The fourth-order valence-electron chi connectivity index (χ4n) is 2.08. The van der Waals surface area contributed by atoms with Crippen LogP contribution in [-0.2, 0) is 4.79 Å². The van der Waals surface area contributed by atoms with Crippen LogP contribution in [0.3, 0.4) is 0 Å². The molecule has 2 heterocycles. The molecule has 0 spiro atoms. The largest absolute Gasteiger partial charge is 0.481 e. The van der Waals surface area contributed by atoms with Crippen molar-refractivity contribution in [1.82, 2.24) is 10.5 Å². The molecule has 2 N–H and O–H groups in total. The molecular formula is C14H14N2O4S. The van der Waals surface area contributed by atoms with Crippen LogP contribution in [0.4, 0.5) is 0 Å². The van der Waals surface area contributed by atoms with Crippen molar-refractivity contribution in [3.63, 3.8) is 0 Å². The van der Waals surface area contributed by atoms with Crippen molar-refractivity contribution < 1.29 is 19.2 Å². The van der Waals surface area contributed by atoms with E-state index in [-0.39, 0.29) is 12.2 Å². The molecule has 2 aromatic heterocycles. The van der Waals surface area contributed by atoms with E-state index in [1.165, 1.54) is 11.3 Å². The van der Waals surface area contributed by atoms with Crippen LogP contribution in [-0.4, -0.2) is 22.1 Å². The molecule has 1 aliphatic rings. The zero-order chi connectivity index (χ0) is 14.8. The van der Waals surface area contributed by atoms with Gasteiger partial charge in [0.25, 0.3) is 5.91 Å². The van der Waals surface area contributed by atoms with E-state index in [1.807, 2.05) is 11.4 Å². The lowest BCUT2D eigenvalue weighted by Gasteiger charge is -2.14. The summed E-state index contributed by atoms with van der Waals surface area (Å²) >= 11 is 1.41. The van der Waals surface area contributed by atoms with Crippen LogP contribution < -0.4 is 5.32 Å². The van der Waals surface area contributed by atoms with Crippen molar-refractivity contribution >= 4 is 23.2 Å². The third kappa shape index (κ3) is 3.30. The molecule has 2 aromatic rings. The van der Waals surface area contributed by atoms with Gasteiger partial charge in [0.15, 0.2) is 0 Å². The Morgan fingerprint density at radius 3 is 2.95 bits per heavy atom. The number of nitrogens with zero attached hydrogens (tertiary/aromatic N) is 1. The van der Waals surface area contributed by atoms with Crippen LogP contribution in [0.1, 0.15) is 52.3 Å². The second-order valence-corrected chi connectivity index (χ2v) is 6.01. The molecule has 0 aromatic carbocycles. The minimum Gasteiger partial charge on any atom is -0.481 e. The van der Waals surface area contributed by atoms with Gasteiger partial charge in [-0.15, -0.1) is 11.3 Å². The van der Waals surface area contributed by atoms with Gasteiger partial charge in [-0.05, 0) is 24.3 Å². The highest BCUT2D eigenvalue weighted by Gasteiger charge is 2.29. The maximum absolute atomic E-state index is 12.2. The molecule has 7 heteroatoms. The number of carbonyl (C=O) groups is 2. The van der Waals surface area contributed by atoms with Crippen LogP contribution in [0.2, 0.25) is 0 Å². The third-order valence-corrected chi connectivity index (χ3v) is 4.30. The van der Waals surface area contributed by atoms with E-state index in [0.717, 1.165) is 23.4 Å². The number of aliphatic carboxylic acids is 1. The minimum atomic E-state index is -0.968. The van der Waals surface area contributed by atoms with Gasteiger partial charge in [-0.2, -0.15) is 0 Å². The zero-order valence-corrected chi connectivity index (χ0v) is 11.9. The molecule has 110 valence electrons. The summed E-state index contributed by atoms with van der Waals surface area (Å²) in [6.45, 7) is 0. The quantitative estimate of drug-likeness (QED) is 0.855. The number of nitrogens with one attached hydrogen (secondary N) is 1. The van der Waals surface area contributed by atoms with E-state index >= 15 is 0 Å².